The first-order valence-electron chi connectivity index (χ1n) is 5.49. The smallest absolute Gasteiger partial charge is 0.101 e. The van der Waals surface area contributed by atoms with Gasteiger partial charge in [0.1, 0.15) is 6.07 Å². The molecule has 3 heteroatoms. The molecule has 1 aromatic carbocycles. The summed E-state index contributed by atoms with van der Waals surface area (Å²) in [5.74, 6) is 0. The van der Waals surface area contributed by atoms with E-state index >= 15 is 0 Å². The standard InChI is InChI=1S/C13H16N2O/c1-13(2)7-11(16)9-15(13)12-6-4-3-5-10(12)8-14/h3-6,11,16H,7,9H2,1-2H3. The molecule has 3 nitrogen and oxygen atoms in total. The van der Waals surface area contributed by atoms with E-state index in [1.54, 1.807) is 0 Å². The van der Waals surface area contributed by atoms with Crippen molar-refractivity contribution in [2.45, 2.75) is 31.9 Å². The normalized spacial score (nSPS) is 23.1. The minimum absolute atomic E-state index is 0.0909. The molecule has 1 aliphatic rings. The highest BCUT2D eigenvalue weighted by molar-refractivity contribution is 5.61. The monoisotopic (exact) mass is 216 g/mol. The van der Waals surface area contributed by atoms with Crippen LogP contribution < -0.4 is 4.90 Å². The summed E-state index contributed by atoms with van der Waals surface area (Å²) in [5.41, 5.74) is 1.50. The lowest BCUT2D eigenvalue weighted by atomic mass is 10.00. The summed E-state index contributed by atoms with van der Waals surface area (Å²) in [6.45, 7) is 4.79. The van der Waals surface area contributed by atoms with Crippen LogP contribution in [-0.2, 0) is 0 Å². The van der Waals surface area contributed by atoms with Crippen molar-refractivity contribution in [3.05, 3.63) is 29.8 Å². The molecule has 0 radical (unpaired) electrons. The molecule has 1 unspecified atom stereocenters. The summed E-state index contributed by atoms with van der Waals surface area (Å²) in [6.07, 6.45) is 0.439. The summed E-state index contributed by atoms with van der Waals surface area (Å²) < 4.78 is 0. The predicted molar refractivity (Wildman–Crippen MR) is 63.2 cm³/mol. The first-order valence-corrected chi connectivity index (χ1v) is 5.49. The number of aliphatic hydroxyl groups excluding tert-OH is 1. The number of hydrogen-bond donors (Lipinski definition) is 1. The summed E-state index contributed by atoms with van der Waals surface area (Å²) in [4.78, 5) is 2.12. The number of nitrogens with zero attached hydrogens (tertiary/aromatic N) is 2. The molecule has 0 amide bonds. The number of anilines is 1. The Kier molecular flexibility index (Phi) is 2.61. The third-order valence-electron chi connectivity index (χ3n) is 3.17. The third kappa shape index (κ3) is 1.77. The average molecular weight is 216 g/mol. The number of hydrogen-bond acceptors (Lipinski definition) is 3. The first-order chi connectivity index (χ1) is 7.54. The van der Waals surface area contributed by atoms with Gasteiger partial charge in [-0.3, -0.25) is 0 Å². The van der Waals surface area contributed by atoms with E-state index in [0.29, 0.717) is 12.1 Å². The molecule has 0 aromatic heterocycles. The second-order valence-corrected chi connectivity index (χ2v) is 4.91. The highest BCUT2D eigenvalue weighted by atomic mass is 16.3. The Morgan fingerprint density at radius 1 is 1.44 bits per heavy atom. The van der Waals surface area contributed by atoms with Crippen molar-refractivity contribution >= 4 is 5.69 Å². The van der Waals surface area contributed by atoms with E-state index < -0.39 is 0 Å². The second-order valence-electron chi connectivity index (χ2n) is 4.91. The first kappa shape index (κ1) is 11.0. The minimum Gasteiger partial charge on any atom is -0.391 e. The summed E-state index contributed by atoms with van der Waals surface area (Å²) in [6, 6.07) is 9.75. The largest absolute Gasteiger partial charge is 0.391 e. The molecule has 1 N–H and O–H groups in total. The van der Waals surface area contributed by atoms with Gasteiger partial charge in [0.25, 0.3) is 0 Å². The highest BCUT2D eigenvalue weighted by Gasteiger charge is 2.38. The zero-order valence-corrected chi connectivity index (χ0v) is 9.64. The summed E-state index contributed by atoms with van der Waals surface area (Å²) in [5, 5.41) is 18.8. The van der Waals surface area contributed by atoms with Gasteiger partial charge in [0.05, 0.1) is 17.4 Å². The van der Waals surface area contributed by atoms with Crippen LogP contribution in [0.25, 0.3) is 0 Å². The molecule has 1 atom stereocenters. The zero-order valence-electron chi connectivity index (χ0n) is 9.64. The van der Waals surface area contributed by atoms with Crippen molar-refractivity contribution in [1.82, 2.24) is 0 Å². The van der Waals surface area contributed by atoms with Crippen LogP contribution in [0.2, 0.25) is 0 Å². The van der Waals surface area contributed by atoms with Crippen molar-refractivity contribution in [2.24, 2.45) is 0 Å². The van der Waals surface area contributed by atoms with E-state index in [2.05, 4.69) is 24.8 Å². The predicted octanol–water partition coefficient (Wildman–Crippen LogP) is 1.91. The SMILES string of the molecule is CC1(C)CC(O)CN1c1ccccc1C#N. The molecular formula is C13H16N2O. The van der Waals surface area contributed by atoms with Crippen LogP contribution in [-0.4, -0.2) is 23.3 Å². The Hall–Kier alpha value is -1.53. The van der Waals surface area contributed by atoms with Gasteiger partial charge >= 0.3 is 0 Å². The maximum absolute atomic E-state index is 9.74. The van der Waals surface area contributed by atoms with E-state index in [1.165, 1.54) is 0 Å². The Labute approximate surface area is 95.9 Å². The van der Waals surface area contributed by atoms with Crippen molar-refractivity contribution < 1.29 is 5.11 Å². The van der Waals surface area contributed by atoms with Crippen LogP contribution in [0.3, 0.4) is 0 Å². The number of rotatable bonds is 1. The van der Waals surface area contributed by atoms with Gasteiger partial charge in [-0.1, -0.05) is 12.1 Å². The molecule has 2 rings (SSSR count). The molecule has 1 aromatic rings. The van der Waals surface area contributed by atoms with Crippen molar-refractivity contribution in [3.63, 3.8) is 0 Å². The fraction of sp³-hybridized carbons (Fsp3) is 0.462. The number of para-hydroxylation sites is 1. The van der Waals surface area contributed by atoms with Crippen LogP contribution in [0.1, 0.15) is 25.8 Å². The maximum atomic E-state index is 9.74. The lowest BCUT2D eigenvalue weighted by Crippen LogP contribution is -2.38. The molecule has 16 heavy (non-hydrogen) atoms. The lowest BCUT2D eigenvalue weighted by Gasteiger charge is -2.33. The summed E-state index contributed by atoms with van der Waals surface area (Å²) >= 11 is 0. The topological polar surface area (TPSA) is 47.3 Å². The zero-order chi connectivity index (χ0) is 11.8. The van der Waals surface area contributed by atoms with Gasteiger partial charge in [-0.25, -0.2) is 0 Å². The molecular weight excluding hydrogens is 200 g/mol. The molecule has 1 fully saturated rings. The maximum Gasteiger partial charge on any atom is 0.101 e. The molecule has 0 bridgehead atoms. The average Bonchev–Trinajstić information content (AvgIpc) is 2.51. The van der Waals surface area contributed by atoms with Crippen molar-refractivity contribution in [3.8, 4) is 6.07 Å². The third-order valence-corrected chi connectivity index (χ3v) is 3.17. The molecule has 84 valence electrons. The molecule has 0 spiro atoms. The van der Waals surface area contributed by atoms with Gasteiger partial charge in [-0.2, -0.15) is 5.26 Å². The van der Waals surface area contributed by atoms with Crippen LogP contribution in [0.5, 0.6) is 0 Å². The molecule has 0 aliphatic carbocycles. The van der Waals surface area contributed by atoms with E-state index in [0.717, 1.165) is 12.1 Å². The second kappa shape index (κ2) is 3.80. The Morgan fingerprint density at radius 3 is 2.69 bits per heavy atom. The summed E-state index contributed by atoms with van der Waals surface area (Å²) in [7, 11) is 0. The van der Waals surface area contributed by atoms with Crippen LogP contribution in [0.4, 0.5) is 5.69 Å². The molecule has 1 heterocycles. The highest BCUT2D eigenvalue weighted by Crippen LogP contribution is 2.35. The Balaban J connectivity index is 2.42. The van der Waals surface area contributed by atoms with Gasteiger partial charge in [-0.15, -0.1) is 0 Å². The fourth-order valence-electron chi connectivity index (χ4n) is 2.44. The van der Waals surface area contributed by atoms with Gasteiger partial charge in [0.15, 0.2) is 0 Å². The van der Waals surface area contributed by atoms with E-state index in [9.17, 15) is 5.11 Å². The van der Waals surface area contributed by atoms with E-state index in [4.69, 9.17) is 5.26 Å². The minimum atomic E-state index is -0.304. The van der Waals surface area contributed by atoms with Crippen molar-refractivity contribution in [1.29, 1.82) is 5.26 Å². The van der Waals surface area contributed by atoms with E-state index in [1.807, 2.05) is 24.3 Å². The quantitative estimate of drug-likeness (QED) is 0.780. The number of aliphatic hydroxyl groups is 1. The molecule has 0 saturated carbocycles. The Morgan fingerprint density at radius 2 is 2.12 bits per heavy atom. The molecule has 1 aliphatic heterocycles. The fourth-order valence-corrected chi connectivity index (χ4v) is 2.44. The van der Waals surface area contributed by atoms with Gasteiger partial charge < -0.3 is 10.0 Å². The molecule has 1 saturated heterocycles. The van der Waals surface area contributed by atoms with Crippen LogP contribution in [0, 0.1) is 11.3 Å². The van der Waals surface area contributed by atoms with Gasteiger partial charge in [0, 0.05) is 12.1 Å². The van der Waals surface area contributed by atoms with Gasteiger partial charge in [0.2, 0.25) is 0 Å². The van der Waals surface area contributed by atoms with E-state index in [-0.39, 0.29) is 11.6 Å². The lowest BCUT2D eigenvalue weighted by molar-refractivity contribution is 0.188. The number of β-amino-alcohol motifs (C(OH)–C–C–N with tert-alkyl or cyclic N) is 1. The van der Waals surface area contributed by atoms with Crippen LogP contribution in [0.15, 0.2) is 24.3 Å². The number of nitriles is 1. The number of benzene rings is 1. The van der Waals surface area contributed by atoms with Crippen LogP contribution >= 0.6 is 0 Å². The van der Waals surface area contributed by atoms with Gasteiger partial charge in [-0.05, 0) is 32.4 Å². The van der Waals surface area contributed by atoms with Crippen molar-refractivity contribution in [2.75, 3.05) is 11.4 Å². The Bertz CT molecular complexity index is 434.